The fraction of sp³-hybridized carbons (Fsp3) is 0.500. The minimum Gasteiger partial charge on any atom is -0.481 e. The van der Waals surface area contributed by atoms with Gasteiger partial charge in [-0.2, -0.15) is 0 Å². The van der Waals surface area contributed by atoms with Crippen molar-refractivity contribution >= 4 is 49.3 Å². The molecule has 0 atom stereocenters. The lowest BCUT2D eigenvalue weighted by molar-refractivity contribution is -0.121. The number of rotatable bonds is 4. The van der Waals surface area contributed by atoms with E-state index in [1.165, 1.54) is 0 Å². The second kappa shape index (κ2) is 8.63. The largest absolute Gasteiger partial charge is 0.481 e. The molecule has 0 radical (unpaired) electrons. The predicted molar refractivity (Wildman–Crippen MR) is 137 cm³/mol. The highest BCUT2D eigenvalue weighted by Gasteiger charge is 2.48. The van der Waals surface area contributed by atoms with Crippen LogP contribution in [0.15, 0.2) is 43.6 Å². The average Bonchev–Trinajstić information content (AvgIpc) is 2.67. The van der Waals surface area contributed by atoms with Crippen molar-refractivity contribution in [3.8, 4) is 5.75 Å². The lowest BCUT2D eigenvalue weighted by Crippen LogP contribution is -2.43. The first-order valence-corrected chi connectivity index (χ1v) is 13.0. The highest BCUT2D eigenvalue weighted by atomic mass is 79.9. The van der Waals surface area contributed by atoms with Gasteiger partial charge in [-0.3, -0.25) is 14.4 Å². The Morgan fingerprint density at radius 1 is 0.971 bits per heavy atom. The molecule has 1 amide bonds. The number of carbonyl (C=O) groups excluding carboxylic acids is 3. The first kappa shape index (κ1) is 25.2. The van der Waals surface area contributed by atoms with E-state index in [-0.39, 0.29) is 29.0 Å². The number of hydrogen-bond acceptors (Lipinski definition) is 5. The van der Waals surface area contributed by atoms with E-state index < -0.39 is 11.8 Å². The van der Waals surface area contributed by atoms with E-state index in [9.17, 15) is 14.4 Å². The Morgan fingerprint density at radius 2 is 1.41 bits per heavy atom. The maximum absolute atomic E-state index is 13.6. The average molecular weight is 594 g/mol. The van der Waals surface area contributed by atoms with Gasteiger partial charge >= 0.3 is 0 Å². The smallest absolute Gasteiger partial charge is 0.255 e. The third-order valence-corrected chi connectivity index (χ3v) is 8.07. The highest BCUT2D eigenvalue weighted by molar-refractivity contribution is 9.11. The number of amides is 1. The first-order valence-electron chi connectivity index (χ1n) is 11.4. The van der Waals surface area contributed by atoms with Crippen molar-refractivity contribution in [2.45, 2.75) is 59.3 Å². The van der Waals surface area contributed by atoms with Crippen molar-refractivity contribution in [2.24, 2.45) is 16.6 Å². The van der Waals surface area contributed by atoms with Gasteiger partial charge in [0, 0.05) is 48.3 Å². The molecule has 0 aromatic heterocycles. The predicted octanol–water partition coefficient (Wildman–Crippen LogP) is 5.39. The van der Waals surface area contributed by atoms with E-state index in [0.29, 0.717) is 27.5 Å². The Kier molecular flexibility index (Phi) is 6.39. The van der Waals surface area contributed by atoms with Crippen molar-refractivity contribution in [3.63, 3.8) is 0 Å². The van der Waals surface area contributed by atoms with Crippen LogP contribution in [-0.2, 0) is 14.4 Å². The second-order valence-electron chi connectivity index (χ2n) is 11.2. The minimum absolute atomic E-state index is 0.0913. The van der Waals surface area contributed by atoms with Gasteiger partial charge in [-0.25, -0.2) is 0 Å². The van der Waals surface area contributed by atoms with Crippen LogP contribution in [0, 0.1) is 10.8 Å². The zero-order valence-corrected chi connectivity index (χ0v) is 23.4. The summed E-state index contributed by atoms with van der Waals surface area (Å²) in [5.41, 5.74) is 9.24. The molecule has 0 spiro atoms. The first-order chi connectivity index (χ1) is 15.7. The Morgan fingerprint density at radius 3 is 1.82 bits per heavy atom. The Balaban J connectivity index is 1.92. The Bertz CT molecular complexity index is 1100. The zero-order valence-electron chi connectivity index (χ0n) is 20.2. The summed E-state index contributed by atoms with van der Waals surface area (Å²) in [6, 6.07) is 3.76. The molecule has 1 heterocycles. The quantitative estimate of drug-likeness (QED) is 0.505. The van der Waals surface area contributed by atoms with Crippen LogP contribution >= 0.6 is 31.9 Å². The fourth-order valence-corrected chi connectivity index (χ4v) is 6.98. The molecule has 2 aliphatic carbocycles. The molecule has 1 aliphatic heterocycles. The van der Waals surface area contributed by atoms with E-state index in [1.54, 1.807) is 0 Å². The molecule has 0 fully saturated rings. The third kappa shape index (κ3) is 4.51. The van der Waals surface area contributed by atoms with E-state index in [0.717, 1.165) is 40.9 Å². The molecule has 6 nitrogen and oxygen atoms in total. The fourth-order valence-electron chi connectivity index (χ4n) is 5.53. The highest BCUT2D eigenvalue weighted by Crippen LogP contribution is 2.54. The minimum atomic E-state index is -0.575. The molecule has 8 heteroatoms. The monoisotopic (exact) mass is 592 g/mol. The van der Waals surface area contributed by atoms with Crippen LogP contribution in [-0.4, -0.2) is 36.0 Å². The number of Topliss-reactive ketones (excluding diaryl/α,β-unsaturated/α-hetero) is 2. The van der Waals surface area contributed by atoms with Gasteiger partial charge in [0.25, 0.3) is 5.91 Å². The van der Waals surface area contributed by atoms with Crippen molar-refractivity contribution in [1.29, 1.82) is 0 Å². The molecule has 0 saturated carbocycles. The summed E-state index contributed by atoms with van der Waals surface area (Å²) in [5.74, 6) is -0.381. The molecule has 0 saturated heterocycles. The van der Waals surface area contributed by atoms with Gasteiger partial charge in [0.15, 0.2) is 18.2 Å². The van der Waals surface area contributed by atoms with Crippen LogP contribution in [0.5, 0.6) is 5.75 Å². The molecule has 34 heavy (non-hydrogen) atoms. The second-order valence-corrected chi connectivity index (χ2v) is 12.9. The number of nitrogens with two attached hydrogens (primary N) is 1. The topological polar surface area (TPSA) is 89.7 Å². The molecule has 4 rings (SSSR count). The maximum Gasteiger partial charge on any atom is 0.255 e. The lowest BCUT2D eigenvalue weighted by Gasteiger charge is -2.48. The number of primary amides is 1. The van der Waals surface area contributed by atoms with Gasteiger partial charge in [0.1, 0.15) is 5.75 Å². The number of hydrogen-bond donors (Lipinski definition) is 1. The zero-order chi connectivity index (χ0) is 25.2. The molecule has 1 aromatic rings. The van der Waals surface area contributed by atoms with Crippen LogP contribution in [0.4, 0.5) is 0 Å². The number of allylic oxidation sites excluding steroid dienone is 4. The molecule has 3 aliphatic rings. The van der Waals surface area contributed by atoms with Crippen molar-refractivity contribution < 1.29 is 19.1 Å². The molecule has 0 unspecified atom stereocenters. The van der Waals surface area contributed by atoms with Gasteiger partial charge in [-0.15, -0.1) is 0 Å². The lowest BCUT2D eigenvalue weighted by atomic mass is 9.64. The van der Waals surface area contributed by atoms with Gasteiger partial charge in [-0.05, 0) is 73.2 Å². The molecule has 182 valence electrons. The number of ether oxygens (including phenoxy) is 1. The van der Waals surface area contributed by atoms with Crippen molar-refractivity contribution in [3.05, 3.63) is 49.2 Å². The molecular formula is C26H30Br2N2O4. The molecular weight excluding hydrogens is 564 g/mol. The van der Waals surface area contributed by atoms with Crippen LogP contribution in [0.1, 0.15) is 64.9 Å². The summed E-state index contributed by atoms with van der Waals surface area (Å²) in [6.07, 6.45) is 2.43. The summed E-state index contributed by atoms with van der Waals surface area (Å²) in [7, 11) is 2.00. The molecule has 1 aromatic carbocycles. The summed E-state index contributed by atoms with van der Waals surface area (Å²) in [5, 5.41) is 0. The molecule has 0 bridgehead atoms. The number of carbonyl (C=O) groups is 3. The maximum atomic E-state index is 13.6. The standard InChI is InChI=1S/C26H30Br2N2O4/c1-25(2)8-16-22(18(31)10-25)21(23-17(30(16)5)9-26(3,4)11-19(23)32)13-6-14(27)24(15(28)7-13)34-12-20(29)33/h6-7,21H,8-12H2,1-5H3,(H2,29,33). The number of benzene rings is 1. The Labute approximate surface area is 217 Å². The Hall–Kier alpha value is -1.93. The van der Waals surface area contributed by atoms with Gasteiger partial charge in [-0.1, -0.05) is 27.7 Å². The van der Waals surface area contributed by atoms with E-state index in [1.807, 2.05) is 19.2 Å². The van der Waals surface area contributed by atoms with E-state index in [2.05, 4.69) is 64.5 Å². The van der Waals surface area contributed by atoms with Crippen LogP contribution < -0.4 is 10.5 Å². The number of ketones is 2. The summed E-state index contributed by atoms with van der Waals surface area (Å²) >= 11 is 7.10. The van der Waals surface area contributed by atoms with E-state index in [4.69, 9.17) is 10.5 Å². The van der Waals surface area contributed by atoms with Crippen molar-refractivity contribution in [1.82, 2.24) is 4.90 Å². The normalized spacial score (nSPS) is 22.0. The van der Waals surface area contributed by atoms with Crippen molar-refractivity contribution in [2.75, 3.05) is 13.7 Å². The summed E-state index contributed by atoms with van der Waals surface area (Å²) < 4.78 is 6.80. The van der Waals surface area contributed by atoms with Gasteiger partial charge in [0.2, 0.25) is 0 Å². The van der Waals surface area contributed by atoms with Gasteiger partial charge in [0.05, 0.1) is 8.95 Å². The third-order valence-electron chi connectivity index (χ3n) is 6.89. The SMILES string of the molecule is CN1C2=C(C(=O)CC(C)(C)C2)C(c2cc(Br)c(OCC(N)=O)c(Br)c2)C2=C1CC(C)(C)CC2=O. The summed E-state index contributed by atoms with van der Waals surface area (Å²) in [4.78, 5) is 40.5. The van der Waals surface area contributed by atoms with Crippen LogP contribution in [0.3, 0.4) is 0 Å². The number of nitrogens with zero attached hydrogens (tertiary/aromatic N) is 1. The number of halogens is 2. The van der Waals surface area contributed by atoms with E-state index >= 15 is 0 Å². The van der Waals surface area contributed by atoms with Crippen LogP contribution in [0.25, 0.3) is 0 Å². The van der Waals surface area contributed by atoms with Crippen LogP contribution in [0.2, 0.25) is 0 Å². The molecule has 2 N–H and O–H groups in total. The van der Waals surface area contributed by atoms with Gasteiger partial charge < -0.3 is 15.4 Å². The summed E-state index contributed by atoms with van der Waals surface area (Å²) in [6.45, 7) is 8.23.